The van der Waals surface area contributed by atoms with Crippen molar-refractivity contribution in [3.8, 4) is 0 Å². The van der Waals surface area contributed by atoms with E-state index in [1.54, 1.807) is 0 Å². The minimum atomic E-state index is -0.696. The third-order valence-corrected chi connectivity index (χ3v) is 9.38. The number of benzene rings is 1. The highest BCUT2D eigenvalue weighted by atomic mass is 16.7. The van der Waals surface area contributed by atoms with E-state index in [4.69, 9.17) is 28.4 Å². The summed E-state index contributed by atoms with van der Waals surface area (Å²) in [6.45, 7) is 1.37. The third-order valence-electron chi connectivity index (χ3n) is 9.38. The molecule has 0 amide bonds. The average Bonchev–Trinajstić information content (AvgIpc) is 3.71. The lowest BCUT2D eigenvalue weighted by Crippen LogP contribution is -2.47. The van der Waals surface area contributed by atoms with E-state index >= 15 is 0 Å². The second-order valence-corrected chi connectivity index (χ2v) is 12.5. The van der Waals surface area contributed by atoms with Crippen molar-refractivity contribution in [3.63, 3.8) is 0 Å². The predicted octanol–water partition coefficient (Wildman–Crippen LogP) is 4.98. The van der Waals surface area contributed by atoms with Crippen molar-refractivity contribution in [2.45, 2.75) is 151 Å². The second-order valence-electron chi connectivity index (χ2n) is 12.5. The molecule has 5 aliphatic heterocycles. The van der Waals surface area contributed by atoms with E-state index < -0.39 is 11.9 Å². The SMILES string of the molecule is O=C1CCC[C@@H]([C@H]2CC[C@H]([C@@H]3CC[C@H]([C@@H]4CC[C@@]5(C[C@H](O)C[C@H](CCCCOCc6ccccc6)O5)O4)O3)O2)O1. The van der Waals surface area contributed by atoms with Gasteiger partial charge < -0.3 is 33.5 Å². The van der Waals surface area contributed by atoms with Crippen LogP contribution in [-0.2, 0) is 39.8 Å². The van der Waals surface area contributed by atoms with E-state index in [2.05, 4.69) is 12.1 Å². The van der Waals surface area contributed by atoms with Gasteiger partial charge in [-0.25, -0.2) is 0 Å². The lowest BCUT2D eigenvalue weighted by molar-refractivity contribution is -0.295. The zero-order valence-electron chi connectivity index (χ0n) is 23.6. The van der Waals surface area contributed by atoms with E-state index in [9.17, 15) is 9.90 Å². The summed E-state index contributed by atoms with van der Waals surface area (Å²) in [5.41, 5.74) is 1.19. The fourth-order valence-corrected chi connectivity index (χ4v) is 7.39. The van der Waals surface area contributed by atoms with Gasteiger partial charge in [-0.15, -0.1) is 0 Å². The number of esters is 1. The Bertz CT molecular complexity index is 957. The largest absolute Gasteiger partial charge is 0.460 e. The van der Waals surface area contributed by atoms with Crippen LogP contribution in [0.1, 0.15) is 95.5 Å². The van der Waals surface area contributed by atoms with Crippen LogP contribution in [0.15, 0.2) is 30.3 Å². The zero-order valence-corrected chi connectivity index (χ0v) is 23.6. The van der Waals surface area contributed by atoms with Crippen LogP contribution in [0, 0.1) is 0 Å². The molecule has 6 rings (SSSR count). The van der Waals surface area contributed by atoms with Crippen molar-refractivity contribution in [2.24, 2.45) is 0 Å². The number of ether oxygens (including phenoxy) is 6. The van der Waals surface area contributed by atoms with Gasteiger partial charge in [-0.2, -0.15) is 0 Å². The first-order valence-electron chi connectivity index (χ1n) is 15.7. The summed E-state index contributed by atoms with van der Waals surface area (Å²) in [6, 6.07) is 10.2. The molecular formula is C32H46O8. The zero-order chi connectivity index (χ0) is 27.4. The molecule has 5 heterocycles. The summed E-state index contributed by atoms with van der Waals surface area (Å²) in [4.78, 5) is 11.7. The number of unbranched alkanes of at least 4 members (excludes halogenated alkanes) is 1. The molecule has 0 aromatic heterocycles. The van der Waals surface area contributed by atoms with Gasteiger partial charge in [-0.1, -0.05) is 30.3 Å². The highest BCUT2D eigenvalue weighted by Gasteiger charge is 2.51. The van der Waals surface area contributed by atoms with Crippen LogP contribution in [-0.4, -0.2) is 72.3 Å². The van der Waals surface area contributed by atoms with Crippen LogP contribution < -0.4 is 0 Å². The topological polar surface area (TPSA) is 92.7 Å². The standard InChI is InChI=1S/C32H46O8/c33-23-19-24(9-4-5-18-35-21-22-7-2-1-3-8-22)39-32(20-23)17-16-30(40-32)29-15-14-28(37-29)27-13-12-26(36-27)25-10-6-11-31(34)38-25/h1-3,7-8,23-30,33H,4-6,9-21H2/t23-,24+,25+,26-,27-,28+,29-,30+,32+/m1/s1. The van der Waals surface area contributed by atoms with E-state index in [-0.39, 0.29) is 48.7 Å². The summed E-state index contributed by atoms with van der Waals surface area (Å²) >= 11 is 0. The Labute approximate surface area is 238 Å². The van der Waals surface area contributed by atoms with Gasteiger partial charge in [0.2, 0.25) is 0 Å². The Morgan fingerprint density at radius 2 is 1.57 bits per heavy atom. The van der Waals surface area contributed by atoms with Gasteiger partial charge in [0.15, 0.2) is 5.79 Å². The molecule has 5 aliphatic rings. The summed E-state index contributed by atoms with van der Waals surface area (Å²) < 4.78 is 37.4. The normalized spacial score (nSPS) is 40.1. The quantitative estimate of drug-likeness (QED) is 0.318. The summed E-state index contributed by atoms with van der Waals surface area (Å²) in [5, 5.41) is 10.7. The molecule has 0 aliphatic carbocycles. The number of hydrogen-bond donors (Lipinski definition) is 1. The molecule has 8 nitrogen and oxygen atoms in total. The van der Waals surface area contributed by atoms with Crippen molar-refractivity contribution in [1.82, 2.24) is 0 Å². The molecule has 222 valence electrons. The minimum absolute atomic E-state index is 0.00609. The Morgan fingerprint density at radius 1 is 0.850 bits per heavy atom. The maximum absolute atomic E-state index is 11.7. The summed E-state index contributed by atoms with van der Waals surface area (Å²) in [7, 11) is 0. The smallest absolute Gasteiger partial charge is 0.306 e. The van der Waals surface area contributed by atoms with Crippen LogP contribution in [0.25, 0.3) is 0 Å². The molecule has 9 atom stereocenters. The fraction of sp³-hybridized carbons (Fsp3) is 0.781. The Kier molecular flexibility index (Phi) is 9.41. The molecule has 8 heteroatoms. The van der Waals surface area contributed by atoms with Crippen LogP contribution in [0.2, 0.25) is 0 Å². The highest BCUT2D eigenvalue weighted by molar-refractivity contribution is 5.70. The number of rotatable bonds is 10. The van der Waals surface area contributed by atoms with Gasteiger partial charge in [0.05, 0.1) is 49.3 Å². The van der Waals surface area contributed by atoms with E-state index in [0.717, 1.165) is 77.2 Å². The maximum atomic E-state index is 11.7. The van der Waals surface area contributed by atoms with Crippen LogP contribution >= 0.6 is 0 Å². The Hall–Kier alpha value is -1.55. The van der Waals surface area contributed by atoms with Crippen LogP contribution in [0.4, 0.5) is 0 Å². The molecule has 0 radical (unpaired) electrons. The fourth-order valence-electron chi connectivity index (χ4n) is 7.39. The van der Waals surface area contributed by atoms with Gasteiger partial charge in [0, 0.05) is 25.9 Å². The monoisotopic (exact) mass is 558 g/mol. The van der Waals surface area contributed by atoms with Crippen molar-refractivity contribution in [2.75, 3.05) is 6.61 Å². The van der Waals surface area contributed by atoms with E-state index in [1.165, 1.54) is 5.56 Å². The maximum Gasteiger partial charge on any atom is 0.306 e. The second kappa shape index (κ2) is 13.2. The number of aliphatic hydroxyl groups excluding tert-OH is 1. The molecule has 40 heavy (non-hydrogen) atoms. The Morgan fingerprint density at radius 3 is 2.33 bits per heavy atom. The Balaban J connectivity index is 0.920. The first kappa shape index (κ1) is 28.6. The third kappa shape index (κ3) is 7.08. The molecule has 0 saturated carbocycles. The molecule has 0 unspecified atom stereocenters. The molecule has 1 N–H and O–H groups in total. The molecule has 1 aromatic carbocycles. The summed E-state index contributed by atoms with van der Waals surface area (Å²) in [5.74, 6) is -0.795. The molecule has 1 aromatic rings. The van der Waals surface area contributed by atoms with E-state index in [1.807, 2.05) is 18.2 Å². The molecule has 0 bridgehead atoms. The van der Waals surface area contributed by atoms with Crippen LogP contribution in [0.3, 0.4) is 0 Å². The number of carbonyl (C=O) groups excluding carboxylic acids is 1. The minimum Gasteiger partial charge on any atom is -0.460 e. The van der Waals surface area contributed by atoms with Crippen LogP contribution in [0.5, 0.6) is 0 Å². The van der Waals surface area contributed by atoms with Gasteiger partial charge in [0.1, 0.15) is 6.10 Å². The van der Waals surface area contributed by atoms with Crippen molar-refractivity contribution < 1.29 is 38.3 Å². The summed E-state index contributed by atoms with van der Waals surface area (Å²) in [6.07, 6.45) is 11.5. The molecule has 1 spiro atoms. The number of cyclic esters (lactones) is 1. The lowest BCUT2D eigenvalue weighted by Gasteiger charge is -2.41. The number of hydrogen-bond acceptors (Lipinski definition) is 8. The first-order valence-corrected chi connectivity index (χ1v) is 15.7. The van der Waals surface area contributed by atoms with Crippen molar-refractivity contribution >= 4 is 5.97 Å². The van der Waals surface area contributed by atoms with Gasteiger partial charge in [-0.3, -0.25) is 4.79 Å². The first-order chi connectivity index (χ1) is 19.6. The molecular weight excluding hydrogens is 512 g/mol. The predicted molar refractivity (Wildman–Crippen MR) is 146 cm³/mol. The lowest BCUT2D eigenvalue weighted by atomic mass is 9.93. The van der Waals surface area contributed by atoms with Crippen molar-refractivity contribution in [3.05, 3.63) is 35.9 Å². The average molecular weight is 559 g/mol. The number of carbonyl (C=O) groups is 1. The van der Waals surface area contributed by atoms with E-state index in [0.29, 0.717) is 25.9 Å². The van der Waals surface area contributed by atoms with Gasteiger partial charge >= 0.3 is 5.97 Å². The number of aliphatic hydroxyl groups is 1. The van der Waals surface area contributed by atoms with Crippen molar-refractivity contribution in [1.29, 1.82) is 0 Å². The van der Waals surface area contributed by atoms with Gasteiger partial charge in [-0.05, 0) is 76.2 Å². The van der Waals surface area contributed by atoms with Gasteiger partial charge in [0.25, 0.3) is 0 Å². The molecule has 5 fully saturated rings. The highest BCUT2D eigenvalue weighted by Crippen LogP contribution is 2.45. The molecule has 5 saturated heterocycles.